The molecule has 3 rings (SSSR count). The first-order chi connectivity index (χ1) is 13.3. The van der Waals surface area contributed by atoms with Crippen LogP contribution in [0.25, 0.3) is 0 Å². The summed E-state index contributed by atoms with van der Waals surface area (Å²) in [5, 5.41) is 6.83. The Morgan fingerprint density at radius 1 is 1.11 bits per heavy atom. The molecule has 6 nitrogen and oxygen atoms in total. The minimum absolute atomic E-state index is 0. The SMILES string of the molecule is CCNC(=NCc1ccc(N2CC=CC2)cc1)NCC(C)N1CCOCC1.I. The Morgan fingerprint density at radius 3 is 2.43 bits per heavy atom. The van der Waals surface area contributed by atoms with Crippen molar-refractivity contribution in [1.82, 2.24) is 15.5 Å². The molecular formula is C21H34IN5O. The number of ether oxygens (including phenoxy) is 1. The van der Waals surface area contributed by atoms with Crippen LogP contribution < -0.4 is 15.5 Å². The first-order valence-electron chi connectivity index (χ1n) is 10.1. The van der Waals surface area contributed by atoms with E-state index in [0.29, 0.717) is 12.6 Å². The van der Waals surface area contributed by atoms with Gasteiger partial charge in [0.15, 0.2) is 5.96 Å². The monoisotopic (exact) mass is 499 g/mol. The number of benzene rings is 1. The van der Waals surface area contributed by atoms with Gasteiger partial charge in [-0.1, -0.05) is 24.3 Å². The lowest BCUT2D eigenvalue weighted by Crippen LogP contribution is -2.49. The summed E-state index contributed by atoms with van der Waals surface area (Å²) in [4.78, 5) is 9.57. The van der Waals surface area contributed by atoms with Crippen molar-refractivity contribution in [1.29, 1.82) is 0 Å². The number of rotatable bonds is 7. The Labute approximate surface area is 186 Å². The molecule has 1 aromatic carbocycles. The predicted octanol–water partition coefficient (Wildman–Crippen LogP) is 2.46. The highest BCUT2D eigenvalue weighted by molar-refractivity contribution is 14.0. The van der Waals surface area contributed by atoms with Crippen LogP contribution in [0.1, 0.15) is 19.4 Å². The Kier molecular flexibility index (Phi) is 10.1. The van der Waals surface area contributed by atoms with Crippen molar-refractivity contribution < 1.29 is 4.74 Å². The third-order valence-electron chi connectivity index (χ3n) is 5.12. The van der Waals surface area contributed by atoms with Gasteiger partial charge in [-0.25, -0.2) is 4.99 Å². The predicted molar refractivity (Wildman–Crippen MR) is 128 cm³/mol. The molecule has 28 heavy (non-hydrogen) atoms. The third kappa shape index (κ3) is 6.93. The van der Waals surface area contributed by atoms with Crippen LogP contribution in [0.3, 0.4) is 0 Å². The zero-order valence-electron chi connectivity index (χ0n) is 17.1. The van der Waals surface area contributed by atoms with E-state index in [1.807, 2.05) is 0 Å². The van der Waals surface area contributed by atoms with E-state index in [1.54, 1.807) is 0 Å². The Morgan fingerprint density at radius 2 is 1.79 bits per heavy atom. The van der Waals surface area contributed by atoms with Crippen molar-refractivity contribution in [2.45, 2.75) is 26.4 Å². The number of morpholine rings is 1. The van der Waals surface area contributed by atoms with E-state index in [2.05, 4.69) is 70.7 Å². The largest absolute Gasteiger partial charge is 0.379 e. The lowest BCUT2D eigenvalue weighted by molar-refractivity contribution is 0.0211. The van der Waals surface area contributed by atoms with Gasteiger partial charge in [-0.2, -0.15) is 0 Å². The van der Waals surface area contributed by atoms with Gasteiger partial charge in [0.2, 0.25) is 0 Å². The Bertz CT molecular complexity index is 620. The molecule has 0 amide bonds. The topological polar surface area (TPSA) is 52.1 Å². The van der Waals surface area contributed by atoms with Crippen LogP contribution in [0.4, 0.5) is 5.69 Å². The maximum absolute atomic E-state index is 5.44. The molecule has 7 heteroatoms. The summed E-state index contributed by atoms with van der Waals surface area (Å²) in [6, 6.07) is 9.21. The number of hydrogen-bond acceptors (Lipinski definition) is 4. The Hall–Kier alpha value is -1.32. The summed E-state index contributed by atoms with van der Waals surface area (Å²) in [6.07, 6.45) is 4.43. The van der Waals surface area contributed by atoms with Crippen molar-refractivity contribution in [3.8, 4) is 0 Å². The zero-order valence-corrected chi connectivity index (χ0v) is 19.4. The van der Waals surface area contributed by atoms with Crippen molar-refractivity contribution in [2.24, 2.45) is 4.99 Å². The second-order valence-corrected chi connectivity index (χ2v) is 7.12. The van der Waals surface area contributed by atoms with Crippen LogP contribution in [-0.2, 0) is 11.3 Å². The first-order valence-corrected chi connectivity index (χ1v) is 10.1. The van der Waals surface area contributed by atoms with Gasteiger partial charge < -0.3 is 20.3 Å². The lowest BCUT2D eigenvalue weighted by atomic mass is 10.2. The summed E-state index contributed by atoms with van der Waals surface area (Å²) in [5.41, 5.74) is 2.50. The van der Waals surface area contributed by atoms with Crippen LogP contribution in [0.15, 0.2) is 41.4 Å². The van der Waals surface area contributed by atoms with Crippen molar-refractivity contribution in [3.05, 3.63) is 42.0 Å². The second kappa shape index (κ2) is 12.3. The second-order valence-electron chi connectivity index (χ2n) is 7.12. The van der Waals surface area contributed by atoms with Gasteiger partial charge in [0.1, 0.15) is 0 Å². The highest BCUT2D eigenvalue weighted by atomic mass is 127. The van der Waals surface area contributed by atoms with Gasteiger partial charge in [-0.15, -0.1) is 24.0 Å². The molecule has 0 spiro atoms. The Balaban J connectivity index is 0.00000280. The summed E-state index contributed by atoms with van der Waals surface area (Å²) in [6.45, 7) is 12.5. The van der Waals surface area contributed by atoms with Gasteiger partial charge in [0.05, 0.1) is 19.8 Å². The molecule has 2 heterocycles. The van der Waals surface area contributed by atoms with Crippen LogP contribution in [0, 0.1) is 0 Å². The average Bonchev–Trinajstić information content (AvgIpc) is 3.26. The maximum atomic E-state index is 5.44. The molecule has 0 aliphatic carbocycles. The fraction of sp³-hybridized carbons (Fsp3) is 0.571. The lowest BCUT2D eigenvalue weighted by Gasteiger charge is -2.32. The van der Waals surface area contributed by atoms with Gasteiger partial charge in [0.25, 0.3) is 0 Å². The minimum atomic E-state index is 0. The number of nitrogens with one attached hydrogen (secondary N) is 2. The van der Waals surface area contributed by atoms with Crippen LogP contribution in [0.2, 0.25) is 0 Å². The number of aliphatic imine (C=N–C) groups is 1. The van der Waals surface area contributed by atoms with Gasteiger partial charge in [-0.05, 0) is 31.5 Å². The first kappa shape index (κ1) is 23.0. The molecule has 1 unspecified atom stereocenters. The van der Waals surface area contributed by atoms with Crippen LogP contribution >= 0.6 is 24.0 Å². The maximum Gasteiger partial charge on any atom is 0.191 e. The fourth-order valence-corrected chi connectivity index (χ4v) is 3.40. The van der Waals surface area contributed by atoms with Crippen molar-refractivity contribution in [3.63, 3.8) is 0 Å². The molecule has 0 bridgehead atoms. The normalized spacial score (nSPS) is 18.6. The summed E-state index contributed by atoms with van der Waals surface area (Å²) < 4.78 is 5.44. The molecule has 1 aromatic rings. The highest BCUT2D eigenvalue weighted by Gasteiger charge is 2.17. The third-order valence-corrected chi connectivity index (χ3v) is 5.12. The van der Waals surface area contributed by atoms with Crippen LogP contribution in [-0.4, -0.2) is 69.4 Å². The molecule has 0 aromatic heterocycles. The van der Waals surface area contributed by atoms with E-state index in [9.17, 15) is 0 Å². The average molecular weight is 499 g/mol. The van der Waals surface area contributed by atoms with Gasteiger partial charge in [0, 0.05) is 51.0 Å². The van der Waals surface area contributed by atoms with Crippen molar-refractivity contribution in [2.75, 3.05) is 57.4 Å². The minimum Gasteiger partial charge on any atom is -0.379 e. The standard InChI is InChI=1S/C21H33N5O.HI/c1-3-22-21(23-16-18(2)25-12-14-27-15-13-25)24-17-19-6-8-20(9-7-19)26-10-4-5-11-26;/h4-9,18H,3,10-17H2,1-2H3,(H2,22,23,24);1H. The number of hydrogen-bond donors (Lipinski definition) is 2. The smallest absolute Gasteiger partial charge is 0.191 e. The van der Waals surface area contributed by atoms with Gasteiger partial charge >= 0.3 is 0 Å². The quantitative estimate of drug-likeness (QED) is 0.261. The molecule has 2 aliphatic rings. The molecular weight excluding hydrogens is 465 g/mol. The molecule has 1 saturated heterocycles. The molecule has 0 saturated carbocycles. The molecule has 1 fully saturated rings. The van der Waals surface area contributed by atoms with Crippen molar-refractivity contribution >= 4 is 35.6 Å². The van der Waals surface area contributed by atoms with E-state index >= 15 is 0 Å². The zero-order chi connectivity index (χ0) is 18.9. The number of nitrogens with zero attached hydrogens (tertiary/aromatic N) is 3. The number of halogens is 1. The molecule has 2 aliphatic heterocycles. The number of guanidine groups is 1. The van der Waals surface area contributed by atoms with E-state index in [-0.39, 0.29) is 24.0 Å². The fourth-order valence-electron chi connectivity index (χ4n) is 3.40. The summed E-state index contributed by atoms with van der Waals surface area (Å²) >= 11 is 0. The summed E-state index contributed by atoms with van der Waals surface area (Å²) in [7, 11) is 0. The number of anilines is 1. The molecule has 1 atom stereocenters. The van der Waals surface area contributed by atoms with E-state index in [0.717, 1.165) is 58.4 Å². The van der Waals surface area contributed by atoms with Gasteiger partial charge in [-0.3, -0.25) is 4.90 Å². The van der Waals surface area contributed by atoms with E-state index in [4.69, 9.17) is 9.73 Å². The van der Waals surface area contributed by atoms with Crippen LogP contribution in [0.5, 0.6) is 0 Å². The summed E-state index contributed by atoms with van der Waals surface area (Å²) in [5.74, 6) is 0.880. The van der Waals surface area contributed by atoms with E-state index < -0.39 is 0 Å². The molecule has 0 radical (unpaired) electrons. The highest BCUT2D eigenvalue weighted by Crippen LogP contribution is 2.17. The molecule has 156 valence electrons. The molecule has 2 N–H and O–H groups in total. The van der Waals surface area contributed by atoms with E-state index in [1.165, 1.54) is 11.3 Å².